The summed E-state index contributed by atoms with van der Waals surface area (Å²) in [6, 6.07) is 9.13. The Kier molecular flexibility index (Phi) is 7.11. The first kappa shape index (κ1) is 16.2. The summed E-state index contributed by atoms with van der Waals surface area (Å²) in [4.78, 5) is 2.42. The Bertz CT molecular complexity index is 360. The number of benzene rings is 1. The molecule has 0 amide bonds. The summed E-state index contributed by atoms with van der Waals surface area (Å²) in [7, 11) is 2.21. The van der Waals surface area contributed by atoms with E-state index in [-0.39, 0.29) is 0 Å². The fourth-order valence-electron chi connectivity index (χ4n) is 2.60. The Morgan fingerprint density at radius 3 is 2.58 bits per heavy atom. The molecule has 108 valence electrons. The predicted octanol–water partition coefficient (Wildman–Crippen LogP) is 3.58. The van der Waals surface area contributed by atoms with E-state index in [4.69, 9.17) is 5.73 Å². The van der Waals surface area contributed by atoms with E-state index in [0.29, 0.717) is 6.04 Å². The van der Waals surface area contributed by atoms with Crippen molar-refractivity contribution < 1.29 is 0 Å². The van der Waals surface area contributed by atoms with Gasteiger partial charge < -0.3 is 10.6 Å². The summed E-state index contributed by atoms with van der Waals surface area (Å²) < 4.78 is 0. The first-order chi connectivity index (χ1) is 8.97. The van der Waals surface area contributed by atoms with Crippen molar-refractivity contribution in [3.63, 3.8) is 0 Å². The molecular formula is C17H30N2. The van der Waals surface area contributed by atoms with Crippen molar-refractivity contribution >= 4 is 0 Å². The lowest BCUT2D eigenvalue weighted by Crippen LogP contribution is -2.24. The lowest BCUT2D eigenvalue weighted by molar-refractivity contribution is 0.267. The van der Waals surface area contributed by atoms with Crippen molar-refractivity contribution in [2.45, 2.75) is 52.6 Å². The van der Waals surface area contributed by atoms with E-state index in [1.807, 2.05) is 0 Å². The molecule has 0 radical (unpaired) electrons. The molecule has 1 aromatic rings. The van der Waals surface area contributed by atoms with Gasteiger partial charge in [-0.2, -0.15) is 0 Å². The summed E-state index contributed by atoms with van der Waals surface area (Å²) in [6.07, 6.45) is 3.67. The highest BCUT2D eigenvalue weighted by atomic mass is 15.1. The molecule has 1 aromatic carbocycles. The highest BCUT2D eigenvalue weighted by Gasteiger charge is 2.07. The average molecular weight is 262 g/mol. The van der Waals surface area contributed by atoms with Gasteiger partial charge in [0.15, 0.2) is 0 Å². The quantitative estimate of drug-likeness (QED) is 0.776. The molecule has 2 unspecified atom stereocenters. The van der Waals surface area contributed by atoms with Crippen LogP contribution in [0.5, 0.6) is 0 Å². The number of nitrogens with two attached hydrogens (primary N) is 1. The van der Waals surface area contributed by atoms with Gasteiger partial charge in [-0.05, 0) is 45.2 Å². The van der Waals surface area contributed by atoms with Crippen LogP contribution in [0.25, 0.3) is 0 Å². The van der Waals surface area contributed by atoms with E-state index in [2.05, 4.69) is 57.0 Å². The first-order valence-electron chi connectivity index (χ1n) is 7.47. The topological polar surface area (TPSA) is 29.3 Å². The molecule has 0 aromatic heterocycles. The molecule has 0 saturated heterocycles. The molecule has 2 nitrogen and oxygen atoms in total. The maximum Gasteiger partial charge on any atom is 0.0230 e. The second kappa shape index (κ2) is 8.34. The SMILES string of the molecule is Cc1cccc(CN(C)CC(C)CCCC(C)N)c1. The van der Waals surface area contributed by atoms with Gasteiger partial charge in [-0.3, -0.25) is 0 Å². The zero-order valence-electron chi connectivity index (χ0n) is 13.0. The summed E-state index contributed by atoms with van der Waals surface area (Å²) in [5.41, 5.74) is 8.54. The van der Waals surface area contributed by atoms with Crippen molar-refractivity contribution in [3.8, 4) is 0 Å². The van der Waals surface area contributed by atoms with E-state index in [9.17, 15) is 0 Å². The maximum absolute atomic E-state index is 5.79. The van der Waals surface area contributed by atoms with Crippen molar-refractivity contribution in [1.82, 2.24) is 4.90 Å². The van der Waals surface area contributed by atoms with Crippen LogP contribution in [0.1, 0.15) is 44.2 Å². The summed E-state index contributed by atoms with van der Waals surface area (Å²) in [5, 5.41) is 0. The molecular weight excluding hydrogens is 232 g/mol. The van der Waals surface area contributed by atoms with Gasteiger partial charge in [-0.1, -0.05) is 43.2 Å². The molecule has 2 heteroatoms. The Morgan fingerprint density at radius 2 is 1.95 bits per heavy atom. The van der Waals surface area contributed by atoms with Crippen molar-refractivity contribution in [1.29, 1.82) is 0 Å². The van der Waals surface area contributed by atoms with Crippen LogP contribution in [0.3, 0.4) is 0 Å². The van der Waals surface area contributed by atoms with Crippen molar-refractivity contribution in [2.24, 2.45) is 11.7 Å². The molecule has 0 aliphatic heterocycles. The highest BCUT2D eigenvalue weighted by molar-refractivity contribution is 5.21. The Hall–Kier alpha value is -0.860. The molecule has 2 N–H and O–H groups in total. The molecule has 2 atom stereocenters. The minimum atomic E-state index is 0.345. The fourth-order valence-corrected chi connectivity index (χ4v) is 2.60. The number of aryl methyl sites for hydroxylation is 1. The van der Waals surface area contributed by atoms with Gasteiger partial charge in [0, 0.05) is 19.1 Å². The van der Waals surface area contributed by atoms with Gasteiger partial charge in [0.1, 0.15) is 0 Å². The molecule has 0 aliphatic carbocycles. The third-order valence-electron chi connectivity index (χ3n) is 3.51. The van der Waals surface area contributed by atoms with E-state index in [1.165, 1.54) is 24.0 Å². The summed E-state index contributed by atoms with van der Waals surface area (Å²) >= 11 is 0. The maximum atomic E-state index is 5.79. The van der Waals surface area contributed by atoms with Crippen LogP contribution in [0.2, 0.25) is 0 Å². The van der Waals surface area contributed by atoms with Crippen LogP contribution in [0.15, 0.2) is 24.3 Å². The second-order valence-electron chi connectivity index (χ2n) is 6.20. The van der Waals surface area contributed by atoms with Crippen molar-refractivity contribution in [2.75, 3.05) is 13.6 Å². The monoisotopic (exact) mass is 262 g/mol. The lowest BCUT2D eigenvalue weighted by Gasteiger charge is -2.21. The molecule has 0 spiro atoms. The first-order valence-corrected chi connectivity index (χ1v) is 7.47. The van der Waals surface area contributed by atoms with Crippen LogP contribution in [-0.2, 0) is 6.54 Å². The van der Waals surface area contributed by atoms with Gasteiger partial charge >= 0.3 is 0 Å². The van der Waals surface area contributed by atoms with Gasteiger partial charge in [0.05, 0.1) is 0 Å². The zero-order valence-corrected chi connectivity index (χ0v) is 13.0. The van der Waals surface area contributed by atoms with Gasteiger partial charge in [-0.15, -0.1) is 0 Å². The van der Waals surface area contributed by atoms with Gasteiger partial charge in [-0.25, -0.2) is 0 Å². The number of hydrogen-bond acceptors (Lipinski definition) is 2. The van der Waals surface area contributed by atoms with Gasteiger partial charge in [0.25, 0.3) is 0 Å². The average Bonchev–Trinajstić information content (AvgIpc) is 2.27. The highest BCUT2D eigenvalue weighted by Crippen LogP contribution is 2.12. The smallest absolute Gasteiger partial charge is 0.0230 e. The zero-order chi connectivity index (χ0) is 14.3. The van der Waals surface area contributed by atoms with Crippen LogP contribution in [0.4, 0.5) is 0 Å². The Balaban J connectivity index is 2.28. The van der Waals surface area contributed by atoms with E-state index in [1.54, 1.807) is 0 Å². The second-order valence-corrected chi connectivity index (χ2v) is 6.20. The van der Waals surface area contributed by atoms with Crippen LogP contribution in [-0.4, -0.2) is 24.5 Å². The van der Waals surface area contributed by atoms with Crippen LogP contribution in [0, 0.1) is 12.8 Å². The molecule has 0 bridgehead atoms. The predicted molar refractivity (Wildman–Crippen MR) is 84.2 cm³/mol. The summed E-state index contributed by atoms with van der Waals surface area (Å²) in [5.74, 6) is 0.744. The van der Waals surface area contributed by atoms with Crippen molar-refractivity contribution in [3.05, 3.63) is 35.4 Å². The van der Waals surface area contributed by atoms with Crippen LogP contribution < -0.4 is 5.73 Å². The fraction of sp³-hybridized carbons (Fsp3) is 0.647. The third-order valence-corrected chi connectivity index (χ3v) is 3.51. The number of nitrogens with zero attached hydrogens (tertiary/aromatic N) is 1. The molecule has 0 fully saturated rings. The van der Waals surface area contributed by atoms with E-state index in [0.717, 1.165) is 25.4 Å². The normalized spacial score (nSPS) is 14.6. The molecule has 0 saturated carbocycles. The lowest BCUT2D eigenvalue weighted by atomic mass is 10.0. The molecule has 19 heavy (non-hydrogen) atoms. The van der Waals surface area contributed by atoms with Gasteiger partial charge in [0.2, 0.25) is 0 Å². The van der Waals surface area contributed by atoms with E-state index < -0.39 is 0 Å². The van der Waals surface area contributed by atoms with Crippen LogP contribution >= 0.6 is 0 Å². The minimum absolute atomic E-state index is 0.345. The molecule has 0 aliphatic rings. The molecule has 0 heterocycles. The standard InChI is InChI=1S/C17H30N2/c1-14-7-6-10-17(11-14)13-19(4)12-15(2)8-5-9-16(3)18/h6-7,10-11,15-16H,5,8-9,12-13,18H2,1-4H3. The Morgan fingerprint density at radius 1 is 1.21 bits per heavy atom. The van der Waals surface area contributed by atoms with E-state index >= 15 is 0 Å². The number of hydrogen-bond donors (Lipinski definition) is 1. The summed E-state index contributed by atoms with van der Waals surface area (Å²) in [6.45, 7) is 8.79. The molecule has 1 rings (SSSR count). The number of rotatable bonds is 8. The largest absolute Gasteiger partial charge is 0.328 e. The Labute approximate surface area is 119 Å². The third kappa shape index (κ3) is 7.34. The minimum Gasteiger partial charge on any atom is -0.328 e.